The van der Waals surface area contributed by atoms with Crippen LogP contribution in [-0.4, -0.2) is 14.8 Å². The Bertz CT molecular complexity index is 509. The number of hydrogen-bond acceptors (Lipinski definition) is 2. The summed E-state index contributed by atoms with van der Waals surface area (Å²) in [6, 6.07) is 10.2. The van der Waals surface area contributed by atoms with Crippen molar-refractivity contribution in [1.82, 2.24) is 9.78 Å². The van der Waals surface area contributed by atoms with Gasteiger partial charge in [0.1, 0.15) is 0 Å². The molecule has 5 heteroatoms. The number of nitrogens with two attached hydrogens (primary N) is 1. The number of nitrogens with zero attached hydrogens (tertiary/aromatic N) is 2. The van der Waals surface area contributed by atoms with Gasteiger partial charge in [-0.3, -0.25) is 4.68 Å². The van der Waals surface area contributed by atoms with Gasteiger partial charge in [-0.2, -0.15) is 5.10 Å². The minimum absolute atomic E-state index is 0.0808. The Labute approximate surface area is 119 Å². The molecular formula is C12H12IN3S. The van der Waals surface area contributed by atoms with Crippen LogP contribution in [0.2, 0.25) is 0 Å². The van der Waals surface area contributed by atoms with E-state index in [4.69, 9.17) is 18.0 Å². The zero-order valence-electron chi connectivity index (χ0n) is 9.08. The molecule has 0 saturated carbocycles. The van der Waals surface area contributed by atoms with Gasteiger partial charge in [0.15, 0.2) is 0 Å². The minimum atomic E-state index is 0.0808. The Kier molecular flexibility index (Phi) is 4.11. The molecule has 0 saturated heterocycles. The van der Waals surface area contributed by atoms with Crippen molar-refractivity contribution in [2.24, 2.45) is 5.73 Å². The largest absolute Gasteiger partial charge is 0.393 e. The fourth-order valence-electron chi connectivity index (χ4n) is 1.72. The number of thiocarbonyl (C=S) groups is 1. The molecule has 1 aromatic heterocycles. The van der Waals surface area contributed by atoms with Crippen molar-refractivity contribution < 1.29 is 0 Å². The highest BCUT2D eigenvalue weighted by Gasteiger charge is 2.15. The molecule has 1 atom stereocenters. The van der Waals surface area contributed by atoms with E-state index in [2.05, 4.69) is 39.8 Å². The predicted octanol–water partition coefficient (Wildman–Crippen LogP) is 2.75. The third-order valence-electron chi connectivity index (χ3n) is 2.47. The average molecular weight is 357 g/mol. The lowest BCUT2D eigenvalue weighted by Crippen LogP contribution is -2.19. The van der Waals surface area contributed by atoms with Crippen LogP contribution in [-0.2, 0) is 0 Å². The lowest BCUT2D eigenvalue weighted by molar-refractivity contribution is 0.539. The van der Waals surface area contributed by atoms with E-state index in [1.165, 1.54) is 5.56 Å². The van der Waals surface area contributed by atoms with Gasteiger partial charge in [0.05, 0.1) is 20.8 Å². The lowest BCUT2D eigenvalue weighted by atomic mass is 10.0. The summed E-state index contributed by atoms with van der Waals surface area (Å²) in [5, 5.41) is 4.34. The zero-order valence-corrected chi connectivity index (χ0v) is 12.1. The summed E-state index contributed by atoms with van der Waals surface area (Å²) < 4.78 is 3.02. The molecule has 0 spiro atoms. The fourth-order valence-corrected chi connectivity index (χ4v) is 2.28. The van der Waals surface area contributed by atoms with Gasteiger partial charge >= 0.3 is 0 Å². The topological polar surface area (TPSA) is 43.8 Å². The SMILES string of the molecule is NC(=S)CC(c1ccccc1)n1cc(I)cn1. The smallest absolute Gasteiger partial charge is 0.0831 e. The highest BCUT2D eigenvalue weighted by atomic mass is 127. The maximum absolute atomic E-state index is 5.66. The van der Waals surface area contributed by atoms with Crippen molar-refractivity contribution in [3.05, 3.63) is 51.9 Å². The first-order valence-corrected chi connectivity index (χ1v) is 6.68. The number of hydrogen-bond donors (Lipinski definition) is 1. The molecule has 2 rings (SSSR count). The van der Waals surface area contributed by atoms with Crippen molar-refractivity contribution in [2.75, 3.05) is 0 Å². The molecular weight excluding hydrogens is 345 g/mol. The molecule has 1 aromatic carbocycles. The third-order valence-corrected chi connectivity index (χ3v) is 3.19. The first kappa shape index (κ1) is 12.5. The second kappa shape index (κ2) is 5.59. The molecule has 0 aliphatic heterocycles. The van der Waals surface area contributed by atoms with Crippen LogP contribution in [0.1, 0.15) is 18.0 Å². The summed E-state index contributed by atoms with van der Waals surface area (Å²) in [5.74, 6) is 0. The van der Waals surface area contributed by atoms with Crippen molar-refractivity contribution in [3.8, 4) is 0 Å². The molecule has 0 fully saturated rings. The second-order valence-electron chi connectivity index (χ2n) is 3.74. The summed E-state index contributed by atoms with van der Waals surface area (Å²) in [5.41, 5.74) is 6.83. The van der Waals surface area contributed by atoms with Crippen LogP contribution in [0.3, 0.4) is 0 Å². The molecule has 0 radical (unpaired) electrons. The normalized spacial score (nSPS) is 12.3. The number of halogens is 1. The Balaban J connectivity index is 2.35. The Hall–Kier alpha value is -0.950. The number of rotatable bonds is 4. The maximum atomic E-state index is 5.66. The van der Waals surface area contributed by atoms with Gasteiger partial charge in [0.25, 0.3) is 0 Å². The highest BCUT2D eigenvalue weighted by Crippen LogP contribution is 2.22. The van der Waals surface area contributed by atoms with E-state index in [1.807, 2.05) is 35.3 Å². The van der Waals surface area contributed by atoms with Crippen LogP contribution in [0.25, 0.3) is 0 Å². The summed E-state index contributed by atoms with van der Waals surface area (Å²) in [6.45, 7) is 0. The molecule has 1 heterocycles. The molecule has 0 amide bonds. The Morgan fingerprint density at radius 2 is 2.12 bits per heavy atom. The van der Waals surface area contributed by atoms with Crippen LogP contribution < -0.4 is 5.73 Å². The van der Waals surface area contributed by atoms with E-state index in [0.717, 1.165) is 3.57 Å². The fraction of sp³-hybridized carbons (Fsp3) is 0.167. The molecule has 88 valence electrons. The van der Waals surface area contributed by atoms with Crippen molar-refractivity contribution >= 4 is 39.8 Å². The van der Waals surface area contributed by atoms with Crippen LogP contribution >= 0.6 is 34.8 Å². The molecule has 2 aromatic rings. The molecule has 1 unspecified atom stereocenters. The van der Waals surface area contributed by atoms with Crippen LogP contribution in [0.5, 0.6) is 0 Å². The van der Waals surface area contributed by atoms with Crippen LogP contribution in [0.15, 0.2) is 42.7 Å². The van der Waals surface area contributed by atoms with Crippen molar-refractivity contribution in [1.29, 1.82) is 0 Å². The van der Waals surface area contributed by atoms with Gasteiger partial charge in [-0.05, 0) is 28.2 Å². The van der Waals surface area contributed by atoms with E-state index in [-0.39, 0.29) is 6.04 Å². The molecule has 0 bridgehead atoms. The predicted molar refractivity (Wildman–Crippen MR) is 80.9 cm³/mol. The number of aromatic nitrogens is 2. The van der Waals surface area contributed by atoms with E-state index >= 15 is 0 Å². The molecule has 17 heavy (non-hydrogen) atoms. The maximum Gasteiger partial charge on any atom is 0.0831 e. The summed E-state index contributed by atoms with van der Waals surface area (Å²) in [4.78, 5) is 0.504. The van der Waals surface area contributed by atoms with E-state index in [9.17, 15) is 0 Å². The highest BCUT2D eigenvalue weighted by molar-refractivity contribution is 14.1. The van der Waals surface area contributed by atoms with Crippen molar-refractivity contribution in [3.63, 3.8) is 0 Å². The van der Waals surface area contributed by atoms with Gasteiger partial charge in [-0.15, -0.1) is 0 Å². The van der Waals surface area contributed by atoms with Crippen molar-refractivity contribution in [2.45, 2.75) is 12.5 Å². The Morgan fingerprint density at radius 1 is 1.41 bits per heavy atom. The van der Waals surface area contributed by atoms with Gasteiger partial charge in [0, 0.05) is 12.6 Å². The number of benzene rings is 1. The third kappa shape index (κ3) is 3.26. The summed E-state index contributed by atoms with van der Waals surface area (Å²) in [6.07, 6.45) is 4.45. The van der Waals surface area contributed by atoms with Gasteiger partial charge < -0.3 is 5.73 Å². The quantitative estimate of drug-likeness (QED) is 0.676. The summed E-state index contributed by atoms with van der Waals surface area (Å²) >= 11 is 7.25. The molecule has 0 aliphatic carbocycles. The minimum Gasteiger partial charge on any atom is -0.393 e. The summed E-state index contributed by atoms with van der Waals surface area (Å²) in [7, 11) is 0. The average Bonchev–Trinajstić information content (AvgIpc) is 2.73. The first-order valence-electron chi connectivity index (χ1n) is 5.19. The first-order chi connectivity index (χ1) is 8.16. The Morgan fingerprint density at radius 3 is 2.65 bits per heavy atom. The van der Waals surface area contributed by atoms with E-state index in [0.29, 0.717) is 11.4 Å². The van der Waals surface area contributed by atoms with Gasteiger partial charge in [0.2, 0.25) is 0 Å². The van der Waals surface area contributed by atoms with Crippen LogP contribution in [0.4, 0.5) is 0 Å². The van der Waals surface area contributed by atoms with Crippen LogP contribution in [0, 0.1) is 3.57 Å². The monoisotopic (exact) mass is 357 g/mol. The van der Waals surface area contributed by atoms with E-state index < -0.39 is 0 Å². The standard InChI is InChI=1S/C12H12IN3S/c13-10-7-15-16(8-10)11(6-12(14)17)9-4-2-1-3-5-9/h1-5,7-8,11H,6H2,(H2,14,17). The van der Waals surface area contributed by atoms with Gasteiger partial charge in [-0.25, -0.2) is 0 Å². The molecule has 2 N–H and O–H groups in total. The zero-order chi connectivity index (χ0) is 12.3. The lowest BCUT2D eigenvalue weighted by Gasteiger charge is -2.17. The molecule has 3 nitrogen and oxygen atoms in total. The van der Waals surface area contributed by atoms with Gasteiger partial charge in [-0.1, -0.05) is 42.5 Å². The molecule has 0 aliphatic rings. The van der Waals surface area contributed by atoms with E-state index in [1.54, 1.807) is 0 Å². The second-order valence-corrected chi connectivity index (χ2v) is 5.51.